The predicted molar refractivity (Wildman–Crippen MR) is 176 cm³/mol. The van der Waals surface area contributed by atoms with Crippen molar-refractivity contribution in [2.45, 2.75) is 66.0 Å². The lowest BCUT2D eigenvalue weighted by molar-refractivity contribution is 0.0686. The van der Waals surface area contributed by atoms with Crippen molar-refractivity contribution in [3.63, 3.8) is 0 Å². The summed E-state index contributed by atoms with van der Waals surface area (Å²) in [5, 5.41) is 9.48. The summed E-state index contributed by atoms with van der Waals surface area (Å²) in [5.41, 5.74) is 1.83. The van der Waals surface area contributed by atoms with Crippen molar-refractivity contribution in [2.24, 2.45) is 17.8 Å². The number of hydrogen-bond acceptors (Lipinski definition) is 5. The summed E-state index contributed by atoms with van der Waals surface area (Å²) in [6, 6.07) is 16.7. The average molecular weight is 618 g/mol. The maximum atomic E-state index is 15.7. The normalized spacial score (nSPS) is 17.1. The van der Waals surface area contributed by atoms with Crippen molar-refractivity contribution in [3.8, 4) is 28.3 Å². The Labute approximate surface area is 264 Å². The SMILES string of the molecule is CCC(C(C)C(C)C)N1CCCC(Cn2c(-c3ccc(OCCCO)cc3F)nc3ccc(-c4cccc(F)c4)cc3c2=O)C1. The largest absolute Gasteiger partial charge is 0.493 e. The predicted octanol–water partition coefficient (Wildman–Crippen LogP) is 7.55. The van der Waals surface area contributed by atoms with Gasteiger partial charge in [0, 0.05) is 38.2 Å². The Hall–Kier alpha value is -3.62. The van der Waals surface area contributed by atoms with E-state index in [1.807, 2.05) is 12.1 Å². The monoisotopic (exact) mass is 617 g/mol. The maximum Gasteiger partial charge on any atom is 0.261 e. The highest BCUT2D eigenvalue weighted by Gasteiger charge is 2.30. The molecule has 4 aromatic rings. The molecule has 8 heteroatoms. The number of benzene rings is 3. The number of aromatic nitrogens is 2. The molecule has 240 valence electrons. The topological polar surface area (TPSA) is 67.6 Å². The number of nitrogens with zero attached hydrogens (tertiary/aromatic N) is 3. The van der Waals surface area contributed by atoms with Gasteiger partial charge in [-0.2, -0.15) is 0 Å². The van der Waals surface area contributed by atoms with Crippen molar-refractivity contribution in [3.05, 3.63) is 82.7 Å². The van der Waals surface area contributed by atoms with E-state index in [-0.39, 0.29) is 41.9 Å². The van der Waals surface area contributed by atoms with Gasteiger partial charge in [0.2, 0.25) is 0 Å². The van der Waals surface area contributed by atoms with Crippen LogP contribution in [0.1, 0.15) is 53.4 Å². The third-order valence-electron chi connectivity index (χ3n) is 9.40. The van der Waals surface area contributed by atoms with Gasteiger partial charge in [0.25, 0.3) is 5.56 Å². The number of halogens is 2. The first-order valence-corrected chi connectivity index (χ1v) is 16.3. The smallest absolute Gasteiger partial charge is 0.261 e. The van der Waals surface area contributed by atoms with E-state index in [1.165, 1.54) is 18.2 Å². The zero-order valence-corrected chi connectivity index (χ0v) is 26.8. The van der Waals surface area contributed by atoms with Crippen molar-refractivity contribution in [1.29, 1.82) is 0 Å². The summed E-state index contributed by atoms with van der Waals surface area (Å²) >= 11 is 0. The molecule has 5 rings (SSSR count). The molecule has 0 amide bonds. The van der Waals surface area contributed by atoms with Crippen LogP contribution in [0.5, 0.6) is 5.75 Å². The van der Waals surface area contributed by atoms with Crippen LogP contribution in [0.4, 0.5) is 8.78 Å². The van der Waals surface area contributed by atoms with E-state index in [0.29, 0.717) is 58.6 Å². The average Bonchev–Trinajstić information content (AvgIpc) is 3.03. The Morgan fingerprint density at radius 2 is 1.84 bits per heavy atom. The molecule has 0 bridgehead atoms. The van der Waals surface area contributed by atoms with Crippen LogP contribution in [0.2, 0.25) is 0 Å². The fourth-order valence-electron chi connectivity index (χ4n) is 6.68. The molecule has 3 atom stereocenters. The van der Waals surface area contributed by atoms with Gasteiger partial charge in [-0.25, -0.2) is 13.8 Å². The minimum Gasteiger partial charge on any atom is -0.493 e. The van der Waals surface area contributed by atoms with E-state index in [4.69, 9.17) is 14.8 Å². The van der Waals surface area contributed by atoms with Crippen LogP contribution < -0.4 is 10.3 Å². The number of fused-ring (bicyclic) bond motifs is 1. The number of aliphatic hydroxyl groups excluding tert-OH is 1. The molecular weight excluding hydrogens is 572 g/mol. The van der Waals surface area contributed by atoms with Crippen LogP contribution in [-0.2, 0) is 6.54 Å². The molecule has 1 N–H and O–H groups in total. The van der Waals surface area contributed by atoms with E-state index < -0.39 is 5.82 Å². The molecule has 1 aliphatic heterocycles. The van der Waals surface area contributed by atoms with E-state index in [0.717, 1.165) is 32.4 Å². The Morgan fingerprint density at radius 1 is 1.04 bits per heavy atom. The van der Waals surface area contributed by atoms with Crippen LogP contribution in [-0.4, -0.2) is 51.9 Å². The molecule has 1 aliphatic rings. The van der Waals surface area contributed by atoms with Crippen LogP contribution in [0.15, 0.2) is 65.5 Å². The summed E-state index contributed by atoms with van der Waals surface area (Å²) in [6.07, 6.45) is 3.51. The van der Waals surface area contributed by atoms with E-state index in [1.54, 1.807) is 34.9 Å². The molecule has 2 heterocycles. The summed E-state index contributed by atoms with van der Waals surface area (Å²) in [4.78, 5) is 21.8. The van der Waals surface area contributed by atoms with Crippen molar-refractivity contribution in [1.82, 2.24) is 14.5 Å². The summed E-state index contributed by atoms with van der Waals surface area (Å²) in [5.74, 6) is 1.06. The number of ether oxygens (including phenoxy) is 1. The number of likely N-dealkylation sites (tertiary alicyclic amines) is 1. The minimum atomic E-state index is -0.532. The number of hydrogen-bond donors (Lipinski definition) is 1. The summed E-state index contributed by atoms with van der Waals surface area (Å²) in [7, 11) is 0. The molecule has 3 unspecified atom stereocenters. The standard InChI is InChI=1S/C37H45F2N3O3/c1-5-35(25(4)24(2)3)41-16-7-9-26(22-41)23-42-36(31-14-13-30(21-33(31)39)45-18-8-17-43)40-34-15-12-28(20-32(34)37(42)44)27-10-6-11-29(38)19-27/h6,10-15,19-21,24-26,35,43H,5,7-9,16-18,22-23H2,1-4H3. The van der Waals surface area contributed by atoms with Crippen LogP contribution in [0.3, 0.4) is 0 Å². The van der Waals surface area contributed by atoms with Gasteiger partial charge in [-0.1, -0.05) is 45.9 Å². The molecule has 0 aliphatic carbocycles. The zero-order chi connectivity index (χ0) is 32.1. The minimum absolute atomic E-state index is 0.0112. The molecule has 6 nitrogen and oxygen atoms in total. The van der Waals surface area contributed by atoms with E-state index >= 15 is 4.39 Å². The molecule has 1 saturated heterocycles. The number of piperidine rings is 1. The van der Waals surface area contributed by atoms with Gasteiger partial charge in [0.1, 0.15) is 23.2 Å². The lowest BCUT2D eigenvalue weighted by Crippen LogP contribution is -2.47. The molecule has 0 radical (unpaired) electrons. The molecule has 1 aromatic heterocycles. The third-order valence-corrected chi connectivity index (χ3v) is 9.40. The summed E-state index contributed by atoms with van der Waals surface area (Å²) < 4.78 is 37.0. The first-order chi connectivity index (χ1) is 21.7. The molecule has 0 spiro atoms. The van der Waals surface area contributed by atoms with Crippen molar-refractivity contribution >= 4 is 10.9 Å². The Morgan fingerprint density at radius 3 is 2.56 bits per heavy atom. The highest BCUT2D eigenvalue weighted by atomic mass is 19.1. The van der Waals surface area contributed by atoms with Crippen LogP contribution in [0, 0.1) is 29.4 Å². The molecule has 45 heavy (non-hydrogen) atoms. The van der Waals surface area contributed by atoms with Gasteiger partial charge in [0.15, 0.2) is 0 Å². The lowest BCUT2D eigenvalue weighted by atomic mass is 9.85. The first-order valence-electron chi connectivity index (χ1n) is 16.3. The van der Waals surface area contributed by atoms with Gasteiger partial charge in [-0.3, -0.25) is 14.3 Å². The highest BCUT2D eigenvalue weighted by Crippen LogP contribution is 2.31. The van der Waals surface area contributed by atoms with Gasteiger partial charge in [-0.05, 0) is 91.1 Å². The molecular formula is C37H45F2N3O3. The lowest BCUT2D eigenvalue weighted by Gasteiger charge is -2.42. The fourth-order valence-corrected chi connectivity index (χ4v) is 6.68. The maximum absolute atomic E-state index is 15.7. The van der Waals surface area contributed by atoms with E-state index in [2.05, 4.69) is 32.6 Å². The Bertz CT molecular complexity index is 1670. The third kappa shape index (κ3) is 7.45. The first kappa shape index (κ1) is 32.8. The number of rotatable bonds is 12. The molecule has 0 saturated carbocycles. The van der Waals surface area contributed by atoms with Gasteiger partial charge in [0.05, 0.1) is 23.1 Å². The van der Waals surface area contributed by atoms with Gasteiger partial charge >= 0.3 is 0 Å². The quantitative estimate of drug-likeness (QED) is 0.166. The second-order valence-corrected chi connectivity index (χ2v) is 12.7. The number of aliphatic hydroxyl groups is 1. The fraction of sp³-hybridized carbons (Fsp3) is 0.459. The van der Waals surface area contributed by atoms with Gasteiger partial charge < -0.3 is 9.84 Å². The Balaban J connectivity index is 1.57. The summed E-state index contributed by atoms with van der Waals surface area (Å²) in [6.45, 7) is 11.7. The van der Waals surface area contributed by atoms with Crippen molar-refractivity contribution < 1.29 is 18.6 Å². The van der Waals surface area contributed by atoms with Crippen LogP contribution >= 0.6 is 0 Å². The van der Waals surface area contributed by atoms with Crippen LogP contribution in [0.25, 0.3) is 33.4 Å². The van der Waals surface area contributed by atoms with Gasteiger partial charge in [-0.15, -0.1) is 0 Å². The second-order valence-electron chi connectivity index (χ2n) is 12.7. The zero-order valence-electron chi connectivity index (χ0n) is 26.8. The highest BCUT2D eigenvalue weighted by molar-refractivity contribution is 5.85. The van der Waals surface area contributed by atoms with E-state index in [9.17, 15) is 9.18 Å². The Kier molecular flexibility index (Phi) is 10.7. The van der Waals surface area contributed by atoms with Crippen molar-refractivity contribution in [2.75, 3.05) is 26.3 Å². The second kappa shape index (κ2) is 14.6. The molecule has 1 fully saturated rings. The molecule has 3 aromatic carbocycles.